The van der Waals surface area contributed by atoms with Crippen molar-refractivity contribution < 1.29 is 4.74 Å². The number of halogens is 2. The van der Waals surface area contributed by atoms with Crippen molar-refractivity contribution in [2.24, 2.45) is 5.73 Å². The van der Waals surface area contributed by atoms with E-state index in [1.54, 1.807) is 0 Å². The van der Waals surface area contributed by atoms with Crippen LogP contribution in [0.2, 0.25) is 0 Å². The molecule has 1 aromatic rings. The Kier molecular flexibility index (Phi) is 4.32. The second-order valence-electron chi connectivity index (χ2n) is 4.17. The summed E-state index contributed by atoms with van der Waals surface area (Å²) in [6.45, 7) is 0.302. The summed E-state index contributed by atoms with van der Waals surface area (Å²) in [5.41, 5.74) is 9.81. The number of hydrogen-bond donors (Lipinski definition) is 1. The van der Waals surface area contributed by atoms with Crippen molar-refractivity contribution in [2.45, 2.75) is 25.3 Å². The summed E-state index contributed by atoms with van der Waals surface area (Å²) in [4.78, 5) is 0. The van der Waals surface area contributed by atoms with Gasteiger partial charge in [-0.1, -0.05) is 35.3 Å². The van der Waals surface area contributed by atoms with Gasteiger partial charge < -0.3 is 10.5 Å². The van der Waals surface area contributed by atoms with Crippen molar-refractivity contribution in [3.05, 3.63) is 39.9 Å². The van der Waals surface area contributed by atoms with Crippen molar-refractivity contribution in [1.29, 1.82) is 0 Å². The fourth-order valence-electron chi connectivity index (χ4n) is 2.17. The minimum Gasteiger partial charge on any atom is -0.488 e. The van der Waals surface area contributed by atoms with Gasteiger partial charge in [0.15, 0.2) is 0 Å². The quantitative estimate of drug-likeness (QED) is 0.910. The minimum absolute atomic E-state index is 0.126. The zero-order chi connectivity index (χ0) is 12.3. The molecular weight excluding hydrogens is 257 g/mol. The lowest BCUT2D eigenvalue weighted by molar-refractivity contribution is 0.351. The molecule has 0 aromatic heterocycles. The molecule has 0 heterocycles. The smallest absolute Gasteiger partial charge is 0.125 e. The van der Waals surface area contributed by atoms with Gasteiger partial charge in [-0.15, -0.1) is 0 Å². The highest BCUT2D eigenvalue weighted by Crippen LogP contribution is 2.34. The topological polar surface area (TPSA) is 35.2 Å². The molecule has 4 heteroatoms. The highest BCUT2D eigenvalue weighted by atomic mass is 35.5. The van der Waals surface area contributed by atoms with Crippen LogP contribution in [0.25, 0.3) is 0 Å². The Hall–Kier alpha value is -0.700. The van der Waals surface area contributed by atoms with Gasteiger partial charge >= 0.3 is 0 Å². The zero-order valence-corrected chi connectivity index (χ0v) is 11.0. The molecule has 1 aromatic carbocycles. The molecule has 2 N–H and O–H groups in total. The summed E-state index contributed by atoms with van der Waals surface area (Å²) in [6, 6.07) is 6.12. The van der Waals surface area contributed by atoms with Gasteiger partial charge in [0.2, 0.25) is 0 Å². The first-order valence-corrected chi connectivity index (χ1v) is 6.48. The second-order valence-corrected chi connectivity index (χ2v) is 4.87. The molecular formula is C13H15Cl2NO. The van der Waals surface area contributed by atoms with Gasteiger partial charge in [0.25, 0.3) is 0 Å². The van der Waals surface area contributed by atoms with Crippen LogP contribution >= 0.6 is 23.2 Å². The molecule has 0 saturated carbocycles. The highest BCUT2D eigenvalue weighted by Gasteiger charge is 2.19. The van der Waals surface area contributed by atoms with Crippen LogP contribution in [0, 0.1) is 0 Å². The molecule has 92 valence electrons. The van der Waals surface area contributed by atoms with Crippen molar-refractivity contribution >= 4 is 23.2 Å². The summed E-state index contributed by atoms with van der Waals surface area (Å²) in [7, 11) is 0. The van der Waals surface area contributed by atoms with Gasteiger partial charge in [-0.2, -0.15) is 0 Å². The first kappa shape index (κ1) is 12.7. The standard InChI is InChI=1S/C13H15Cl2NO/c14-7-9(15)8-17-13-6-2-3-10-11(13)4-1-5-12(10)16/h2-3,6-7,12H,1,4-5,8,16H2. The molecule has 1 aliphatic carbocycles. The van der Waals surface area contributed by atoms with Crippen LogP contribution in [0.5, 0.6) is 5.75 Å². The fourth-order valence-corrected chi connectivity index (χ4v) is 2.28. The number of fused-ring (bicyclic) bond motifs is 1. The lowest BCUT2D eigenvalue weighted by Crippen LogP contribution is -2.18. The van der Waals surface area contributed by atoms with Crippen LogP contribution in [-0.4, -0.2) is 6.61 Å². The summed E-state index contributed by atoms with van der Waals surface area (Å²) in [6.07, 6.45) is 3.16. The molecule has 0 spiro atoms. The molecule has 0 saturated heterocycles. The fraction of sp³-hybridized carbons (Fsp3) is 0.385. The Morgan fingerprint density at radius 1 is 1.53 bits per heavy atom. The van der Waals surface area contributed by atoms with Crippen molar-refractivity contribution in [3.8, 4) is 5.75 Å². The molecule has 0 radical (unpaired) electrons. The Balaban J connectivity index is 2.20. The number of hydrogen-bond acceptors (Lipinski definition) is 2. The Morgan fingerprint density at radius 2 is 2.35 bits per heavy atom. The van der Waals surface area contributed by atoms with Crippen molar-refractivity contribution in [1.82, 2.24) is 0 Å². The van der Waals surface area contributed by atoms with Gasteiger partial charge in [-0.3, -0.25) is 0 Å². The monoisotopic (exact) mass is 271 g/mol. The Labute approximate surface area is 111 Å². The van der Waals surface area contributed by atoms with Gasteiger partial charge in [0, 0.05) is 11.6 Å². The number of ether oxygens (including phenoxy) is 1. The van der Waals surface area contributed by atoms with E-state index in [4.69, 9.17) is 33.7 Å². The summed E-state index contributed by atoms with van der Waals surface area (Å²) in [5, 5.41) is 0.490. The molecule has 0 aliphatic heterocycles. The van der Waals surface area contributed by atoms with Crippen LogP contribution in [0.3, 0.4) is 0 Å². The summed E-state index contributed by atoms with van der Waals surface area (Å²) < 4.78 is 5.67. The van der Waals surface area contributed by atoms with E-state index in [0.29, 0.717) is 11.6 Å². The molecule has 2 rings (SSSR count). The third-order valence-electron chi connectivity index (χ3n) is 2.99. The SMILES string of the molecule is NC1CCCc2c(OCC(Cl)=CCl)cccc21. The molecule has 1 unspecified atom stereocenters. The number of nitrogens with two attached hydrogens (primary N) is 1. The van der Waals surface area contributed by atoms with Gasteiger partial charge in [-0.25, -0.2) is 0 Å². The number of rotatable bonds is 3. The van der Waals surface area contributed by atoms with E-state index < -0.39 is 0 Å². The maximum Gasteiger partial charge on any atom is 0.125 e. The molecule has 1 atom stereocenters. The van der Waals surface area contributed by atoms with E-state index in [2.05, 4.69) is 6.07 Å². The Morgan fingerprint density at radius 3 is 3.12 bits per heavy atom. The lowest BCUT2D eigenvalue weighted by Gasteiger charge is -2.24. The molecule has 0 fully saturated rings. The summed E-state index contributed by atoms with van der Waals surface area (Å²) in [5.74, 6) is 0.870. The normalized spacial score (nSPS) is 19.9. The molecule has 1 aliphatic rings. The van der Waals surface area contributed by atoms with E-state index in [9.17, 15) is 0 Å². The maximum absolute atomic E-state index is 6.08. The van der Waals surface area contributed by atoms with Gasteiger partial charge in [0.1, 0.15) is 12.4 Å². The molecule has 2 nitrogen and oxygen atoms in total. The third-order valence-corrected chi connectivity index (χ3v) is 3.59. The van der Waals surface area contributed by atoms with Crippen LogP contribution in [-0.2, 0) is 6.42 Å². The predicted octanol–water partition coefficient (Wildman–Crippen LogP) is 3.72. The maximum atomic E-state index is 6.08. The lowest BCUT2D eigenvalue weighted by atomic mass is 9.88. The average Bonchev–Trinajstić information content (AvgIpc) is 2.36. The highest BCUT2D eigenvalue weighted by molar-refractivity contribution is 6.36. The van der Waals surface area contributed by atoms with Crippen LogP contribution in [0.15, 0.2) is 28.8 Å². The Bertz CT molecular complexity index is 431. The largest absolute Gasteiger partial charge is 0.488 e. The van der Waals surface area contributed by atoms with Crippen LogP contribution < -0.4 is 10.5 Å². The zero-order valence-electron chi connectivity index (χ0n) is 9.46. The van der Waals surface area contributed by atoms with E-state index in [0.717, 1.165) is 25.0 Å². The third kappa shape index (κ3) is 2.95. The van der Waals surface area contributed by atoms with Crippen LogP contribution in [0.4, 0.5) is 0 Å². The molecule has 17 heavy (non-hydrogen) atoms. The first-order valence-electron chi connectivity index (χ1n) is 5.67. The predicted molar refractivity (Wildman–Crippen MR) is 71.6 cm³/mol. The van der Waals surface area contributed by atoms with E-state index in [1.807, 2.05) is 12.1 Å². The average molecular weight is 272 g/mol. The van der Waals surface area contributed by atoms with E-state index >= 15 is 0 Å². The minimum atomic E-state index is 0.126. The second kappa shape index (κ2) is 5.76. The van der Waals surface area contributed by atoms with E-state index in [1.165, 1.54) is 16.7 Å². The van der Waals surface area contributed by atoms with Crippen LogP contribution in [0.1, 0.15) is 30.0 Å². The van der Waals surface area contributed by atoms with Gasteiger partial charge in [0.05, 0.1) is 5.03 Å². The first-order chi connectivity index (χ1) is 8.22. The van der Waals surface area contributed by atoms with E-state index in [-0.39, 0.29) is 6.04 Å². The number of benzene rings is 1. The molecule has 0 amide bonds. The van der Waals surface area contributed by atoms with Crippen molar-refractivity contribution in [3.63, 3.8) is 0 Å². The van der Waals surface area contributed by atoms with Gasteiger partial charge in [-0.05, 0) is 36.5 Å². The molecule has 0 bridgehead atoms. The summed E-state index contributed by atoms with van der Waals surface area (Å²) >= 11 is 11.3. The van der Waals surface area contributed by atoms with Crippen molar-refractivity contribution in [2.75, 3.05) is 6.61 Å².